The molecule has 0 fully saturated rings. The van der Waals surface area contributed by atoms with Crippen LogP contribution in [0.25, 0.3) is 5.69 Å². The van der Waals surface area contributed by atoms with Gasteiger partial charge in [0, 0.05) is 18.4 Å². The topological polar surface area (TPSA) is 29.9 Å². The van der Waals surface area contributed by atoms with Crippen molar-refractivity contribution in [3.05, 3.63) is 48.0 Å². The van der Waals surface area contributed by atoms with E-state index in [9.17, 15) is 4.39 Å². The molecule has 1 heterocycles. The van der Waals surface area contributed by atoms with Gasteiger partial charge in [0.1, 0.15) is 5.82 Å². The lowest BCUT2D eigenvalue weighted by Gasteiger charge is -2.15. The van der Waals surface area contributed by atoms with Crippen LogP contribution in [0.4, 0.5) is 4.39 Å². The summed E-state index contributed by atoms with van der Waals surface area (Å²) in [5.74, 6) is -0.229. The zero-order valence-corrected chi connectivity index (χ0v) is 9.31. The standard InChI is InChI=1S/C12H14FN3/c1-9(14-2)11-8-10(13)4-5-12(11)16-7-3-6-15-16/h3-9,14H,1-2H3. The summed E-state index contributed by atoms with van der Waals surface area (Å²) < 4.78 is 15.0. The van der Waals surface area contributed by atoms with E-state index in [1.807, 2.05) is 26.2 Å². The van der Waals surface area contributed by atoms with Gasteiger partial charge in [0.2, 0.25) is 0 Å². The molecule has 0 amide bonds. The molecule has 1 atom stereocenters. The first-order chi connectivity index (χ1) is 7.72. The van der Waals surface area contributed by atoms with E-state index in [0.717, 1.165) is 11.3 Å². The van der Waals surface area contributed by atoms with Crippen LogP contribution in [0.2, 0.25) is 0 Å². The second-order valence-electron chi connectivity index (χ2n) is 3.66. The predicted octanol–water partition coefficient (Wildman–Crippen LogP) is 2.29. The molecular formula is C12H14FN3. The first kappa shape index (κ1) is 10.8. The minimum Gasteiger partial charge on any atom is -0.313 e. The van der Waals surface area contributed by atoms with Gasteiger partial charge >= 0.3 is 0 Å². The number of nitrogens with zero attached hydrogens (tertiary/aromatic N) is 2. The molecule has 4 heteroatoms. The second kappa shape index (κ2) is 4.45. The number of hydrogen-bond acceptors (Lipinski definition) is 2. The van der Waals surface area contributed by atoms with Crippen molar-refractivity contribution in [3.63, 3.8) is 0 Å². The van der Waals surface area contributed by atoms with Gasteiger partial charge in [-0.05, 0) is 43.8 Å². The quantitative estimate of drug-likeness (QED) is 0.858. The zero-order chi connectivity index (χ0) is 11.5. The van der Waals surface area contributed by atoms with Crippen molar-refractivity contribution in [1.29, 1.82) is 0 Å². The van der Waals surface area contributed by atoms with E-state index in [-0.39, 0.29) is 11.9 Å². The first-order valence-corrected chi connectivity index (χ1v) is 5.19. The van der Waals surface area contributed by atoms with Gasteiger partial charge in [-0.2, -0.15) is 5.10 Å². The van der Waals surface area contributed by atoms with Crippen molar-refractivity contribution in [2.24, 2.45) is 0 Å². The lowest BCUT2D eigenvalue weighted by Crippen LogP contribution is -2.15. The molecule has 0 aliphatic heterocycles. The first-order valence-electron chi connectivity index (χ1n) is 5.19. The smallest absolute Gasteiger partial charge is 0.123 e. The number of rotatable bonds is 3. The highest BCUT2D eigenvalue weighted by molar-refractivity contribution is 5.42. The summed E-state index contributed by atoms with van der Waals surface area (Å²) in [7, 11) is 1.85. The Morgan fingerprint density at radius 3 is 2.88 bits per heavy atom. The fraction of sp³-hybridized carbons (Fsp3) is 0.250. The molecule has 1 aromatic heterocycles. The summed E-state index contributed by atoms with van der Waals surface area (Å²) in [6, 6.07) is 6.65. The summed E-state index contributed by atoms with van der Waals surface area (Å²) in [5.41, 5.74) is 1.79. The van der Waals surface area contributed by atoms with Crippen LogP contribution in [0.3, 0.4) is 0 Å². The minimum atomic E-state index is -0.229. The van der Waals surface area contributed by atoms with E-state index >= 15 is 0 Å². The minimum absolute atomic E-state index is 0.0786. The maximum absolute atomic E-state index is 13.2. The molecule has 1 aromatic carbocycles. The van der Waals surface area contributed by atoms with Crippen LogP contribution in [0.5, 0.6) is 0 Å². The van der Waals surface area contributed by atoms with Crippen molar-refractivity contribution in [2.45, 2.75) is 13.0 Å². The average molecular weight is 219 g/mol. The van der Waals surface area contributed by atoms with Crippen LogP contribution in [-0.4, -0.2) is 16.8 Å². The molecule has 0 radical (unpaired) electrons. The lowest BCUT2D eigenvalue weighted by atomic mass is 10.1. The molecule has 16 heavy (non-hydrogen) atoms. The average Bonchev–Trinajstić information content (AvgIpc) is 2.81. The van der Waals surface area contributed by atoms with Gasteiger partial charge < -0.3 is 5.32 Å². The van der Waals surface area contributed by atoms with Crippen LogP contribution in [0.15, 0.2) is 36.7 Å². The SMILES string of the molecule is CNC(C)c1cc(F)ccc1-n1cccn1. The van der Waals surface area contributed by atoms with Crippen molar-refractivity contribution < 1.29 is 4.39 Å². The molecule has 0 saturated carbocycles. The summed E-state index contributed by atoms with van der Waals surface area (Å²) in [6.45, 7) is 1.99. The molecule has 84 valence electrons. The maximum Gasteiger partial charge on any atom is 0.123 e. The molecule has 1 N–H and O–H groups in total. The summed E-state index contributed by atoms with van der Waals surface area (Å²) in [5, 5.41) is 7.26. The van der Waals surface area contributed by atoms with Crippen molar-refractivity contribution in [3.8, 4) is 5.69 Å². The Labute approximate surface area is 93.9 Å². The molecule has 1 unspecified atom stereocenters. The van der Waals surface area contributed by atoms with Crippen LogP contribution < -0.4 is 5.32 Å². The van der Waals surface area contributed by atoms with Crippen LogP contribution in [0, 0.1) is 5.82 Å². The van der Waals surface area contributed by atoms with E-state index < -0.39 is 0 Å². The van der Waals surface area contributed by atoms with Crippen molar-refractivity contribution in [1.82, 2.24) is 15.1 Å². The lowest BCUT2D eigenvalue weighted by molar-refractivity contribution is 0.604. The third-order valence-electron chi connectivity index (χ3n) is 2.64. The zero-order valence-electron chi connectivity index (χ0n) is 9.31. The van der Waals surface area contributed by atoms with Gasteiger partial charge in [0.05, 0.1) is 5.69 Å². The van der Waals surface area contributed by atoms with Gasteiger partial charge in [-0.1, -0.05) is 0 Å². The molecule has 0 spiro atoms. The van der Waals surface area contributed by atoms with Gasteiger partial charge in [-0.25, -0.2) is 9.07 Å². The highest BCUT2D eigenvalue weighted by atomic mass is 19.1. The summed E-state index contributed by atoms with van der Waals surface area (Å²) in [4.78, 5) is 0. The molecule has 3 nitrogen and oxygen atoms in total. The Morgan fingerprint density at radius 2 is 2.25 bits per heavy atom. The monoisotopic (exact) mass is 219 g/mol. The molecule has 0 saturated heterocycles. The maximum atomic E-state index is 13.2. The number of aromatic nitrogens is 2. The predicted molar refractivity (Wildman–Crippen MR) is 61.0 cm³/mol. The van der Waals surface area contributed by atoms with E-state index in [4.69, 9.17) is 0 Å². The number of nitrogens with one attached hydrogen (secondary N) is 1. The van der Waals surface area contributed by atoms with Crippen LogP contribution in [0.1, 0.15) is 18.5 Å². The van der Waals surface area contributed by atoms with Crippen LogP contribution >= 0.6 is 0 Å². The Morgan fingerprint density at radius 1 is 1.44 bits per heavy atom. The van der Waals surface area contributed by atoms with Gasteiger partial charge in [-0.15, -0.1) is 0 Å². The molecular weight excluding hydrogens is 205 g/mol. The van der Waals surface area contributed by atoms with Crippen molar-refractivity contribution >= 4 is 0 Å². The fourth-order valence-electron chi connectivity index (χ4n) is 1.65. The molecule has 2 rings (SSSR count). The normalized spacial score (nSPS) is 12.7. The highest BCUT2D eigenvalue weighted by Crippen LogP contribution is 2.21. The summed E-state index contributed by atoms with van der Waals surface area (Å²) in [6.07, 6.45) is 3.55. The Hall–Kier alpha value is -1.68. The van der Waals surface area contributed by atoms with Crippen LogP contribution in [-0.2, 0) is 0 Å². The molecule has 0 bridgehead atoms. The van der Waals surface area contributed by atoms with Crippen molar-refractivity contribution in [2.75, 3.05) is 7.05 Å². The molecule has 2 aromatic rings. The second-order valence-corrected chi connectivity index (χ2v) is 3.66. The Bertz CT molecular complexity index is 465. The van der Waals surface area contributed by atoms with Gasteiger partial charge in [-0.3, -0.25) is 0 Å². The van der Waals surface area contributed by atoms with Gasteiger partial charge in [0.25, 0.3) is 0 Å². The molecule has 0 aliphatic carbocycles. The Balaban J connectivity index is 2.52. The number of benzene rings is 1. The van der Waals surface area contributed by atoms with E-state index in [1.165, 1.54) is 12.1 Å². The van der Waals surface area contributed by atoms with E-state index in [1.54, 1.807) is 16.9 Å². The Kier molecular flexibility index (Phi) is 3.01. The van der Waals surface area contributed by atoms with E-state index in [0.29, 0.717) is 0 Å². The fourth-order valence-corrected chi connectivity index (χ4v) is 1.65. The summed E-state index contributed by atoms with van der Waals surface area (Å²) >= 11 is 0. The largest absolute Gasteiger partial charge is 0.313 e. The third kappa shape index (κ3) is 1.97. The van der Waals surface area contributed by atoms with E-state index in [2.05, 4.69) is 10.4 Å². The van der Waals surface area contributed by atoms with Gasteiger partial charge in [0.15, 0.2) is 0 Å². The highest BCUT2D eigenvalue weighted by Gasteiger charge is 2.11. The molecule has 0 aliphatic rings. The third-order valence-corrected chi connectivity index (χ3v) is 2.64. The number of halogens is 1. The number of hydrogen-bond donors (Lipinski definition) is 1.